The minimum Gasteiger partial charge on any atom is -0.361 e. The van der Waals surface area contributed by atoms with Gasteiger partial charge in [-0.15, -0.1) is 0 Å². The van der Waals surface area contributed by atoms with Gasteiger partial charge in [-0.1, -0.05) is 24.3 Å². The third kappa shape index (κ3) is 2.06. The number of benzene rings is 2. The van der Waals surface area contributed by atoms with Crippen molar-refractivity contribution in [3.8, 4) is 0 Å². The Morgan fingerprint density at radius 2 is 1.85 bits per heavy atom. The third-order valence-corrected chi connectivity index (χ3v) is 3.18. The summed E-state index contributed by atoms with van der Waals surface area (Å²) < 4.78 is 0. The van der Waals surface area contributed by atoms with Gasteiger partial charge in [0, 0.05) is 22.7 Å². The summed E-state index contributed by atoms with van der Waals surface area (Å²) in [5.41, 5.74) is 2.27. The van der Waals surface area contributed by atoms with Crippen LogP contribution in [0, 0.1) is 0 Å². The number of carbonyl (C=O) groups excluding carboxylic acids is 1. The smallest absolute Gasteiger partial charge is 0.282 e. The fourth-order valence-corrected chi connectivity index (χ4v) is 2.23. The lowest BCUT2D eigenvalue weighted by molar-refractivity contribution is 0.0775. The summed E-state index contributed by atoms with van der Waals surface area (Å²) >= 11 is 0. The van der Waals surface area contributed by atoms with Gasteiger partial charge in [-0.3, -0.25) is 9.63 Å². The van der Waals surface area contributed by atoms with Crippen LogP contribution in [0.2, 0.25) is 0 Å². The SMILES string of the molecule is CON(C(=O)c1ccccc1)c1cccc2[nH]ccc12. The zero-order chi connectivity index (χ0) is 13.9. The van der Waals surface area contributed by atoms with E-state index in [2.05, 4.69) is 4.98 Å². The first-order chi connectivity index (χ1) is 9.81. The Bertz CT molecular complexity index is 734. The summed E-state index contributed by atoms with van der Waals surface area (Å²) in [4.78, 5) is 21.0. The maximum atomic E-state index is 12.5. The average Bonchev–Trinajstić information content (AvgIpc) is 2.98. The van der Waals surface area contributed by atoms with Gasteiger partial charge in [-0.2, -0.15) is 5.06 Å². The summed E-state index contributed by atoms with van der Waals surface area (Å²) in [6.07, 6.45) is 1.84. The van der Waals surface area contributed by atoms with Gasteiger partial charge < -0.3 is 4.98 Å². The van der Waals surface area contributed by atoms with Crippen molar-refractivity contribution >= 4 is 22.5 Å². The minimum absolute atomic E-state index is 0.193. The number of aromatic nitrogens is 1. The third-order valence-electron chi connectivity index (χ3n) is 3.18. The molecule has 0 atom stereocenters. The first-order valence-corrected chi connectivity index (χ1v) is 6.31. The van der Waals surface area contributed by atoms with Crippen LogP contribution in [-0.4, -0.2) is 18.0 Å². The lowest BCUT2D eigenvalue weighted by atomic mass is 10.1. The number of nitrogens with one attached hydrogen (secondary N) is 1. The van der Waals surface area contributed by atoms with Crippen LogP contribution in [-0.2, 0) is 4.84 Å². The number of rotatable bonds is 3. The number of aromatic amines is 1. The number of amides is 1. The molecule has 4 heteroatoms. The molecule has 0 saturated carbocycles. The second-order valence-corrected chi connectivity index (χ2v) is 4.36. The highest BCUT2D eigenvalue weighted by Crippen LogP contribution is 2.27. The first kappa shape index (κ1) is 12.4. The molecule has 100 valence electrons. The second-order valence-electron chi connectivity index (χ2n) is 4.36. The van der Waals surface area contributed by atoms with Crippen LogP contribution in [0.3, 0.4) is 0 Å². The summed E-state index contributed by atoms with van der Waals surface area (Å²) in [6.45, 7) is 0. The topological polar surface area (TPSA) is 45.3 Å². The zero-order valence-electron chi connectivity index (χ0n) is 11.0. The molecule has 1 N–H and O–H groups in total. The quantitative estimate of drug-likeness (QED) is 0.739. The number of H-pyrrole nitrogens is 1. The van der Waals surface area contributed by atoms with Crippen molar-refractivity contribution in [2.45, 2.75) is 0 Å². The highest BCUT2D eigenvalue weighted by molar-refractivity contribution is 6.09. The Kier molecular flexibility index (Phi) is 3.23. The normalized spacial score (nSPS) is 10.7. The van der Waals surface area contributed by atoms with Gasteiger partial charge in [-0.25, -0.2) is 0 Å². The number of fused-ring (bicyclic) bond motifs is 1. The fourth-order valence-electron chi connectivity index (χ4n) is 2.23. The average molecular weight is 266 g/mol. The van der Waals surface area contributed by atoms with Crippen LogP contribution in [0.4, 0.5) is 5.69 Å². The molecule has 20 heavy (non-hydrogen) atoms. The first-order valence-electron chi connectivity index (χ1n) is 6.31. The van der Waals surface area contributed by atoms with E-state index in [0.29, 0.717) is 5.56 Å². The van der Waals surface area contributed by atoms with Crippen LogP contribution < -0.4 is 5.06 Å². The fraction of sp³-hybridized carbons (Fsp3) is 0.0625. The molecule has 3 aromatic rings. The highest BCUT2D eigenvalue weighted by Gasteiger charge is 2.19. The highest BCUT2D eigenvalue weighted by atomic mass is 16.7. The molecule has 0 unspecified atom stereocenters. The predicted molar refractivity (Wildman–Crippen MR) is 78.6 cm³/mol. The maximum absolute atomic E-state index is 12.5. The van der Waals surface area contributed by atoms with Crippen molar-refractivity contribution in [1.29, 1.82) is 0 Å². The van der Waals surface area contributed by atoms with Gasteiger partial charge >= 0.3 is 0 Å². The van der Waals surface area contributed by atoms with Crippen molar-refractivity contribution < 1.29 is 9.63 Å². The van der Waals surface area contributed by atoms with E-state index < -0.39 is 0 Å². The van der Waals surface area contributed by atoms with E-state index in [1.807, 2.05) is 48.7 Å². The molecular weight excluding hydrogens is 252 g/mol. The molecule has 3 rings (SSSR count). The van der Waals surface area contributed by atoms with Crippen molar-refractivity contribution in [1.82, 2.24) is 4.98 Å². The Labute approximate surface area is 116 Å². The van der Waals surface area contributed by atoms with Gasteiger partial charge in [0.15, 0.2) is 0 Å². The molecule has 0 spiro atoms. The molecule has 0 radical (unpaired) electrons. The monoisotopic (exact) mass is 266 g/mol. The molecule has 2 aromatic carbocycles. The van der Waals surface area contributed by atoms with Crippen molar-refractivity contribution in [2.24, 2.45) is 0 Å². The number of hydrogen-bond donors (Lipinski definition) is 1. The molecule has 4 nitrogen and oxygen atoms in total. The second kappa shape index (κ2) is 5.19. The number of anilines is 1. The van der Waals surface area contributed by atoms with Gasteiger partial charge in [-0.05, 0) is 30.3 Å². The number of hydroxylamine groups is 1. The largest absolute Gasteiger partial charge is 0.361 e. The Morgan fingerprint density at radius 1 is 1.05 bits per heavy atom. The van der Waals surface area contributed by atoms with E-state index in [9.17, 15) is 4.79 Å². The molecule has 0 fully saturated rings. The molecule has 1 aromatic heterocycles. The number of nitrogens with zero attached hydrogens (tertiary/aromatic N) is 1. The molecule has 0 aliphatic carbocycles. The molecular formula is C16H14N2O2. The molecule has 0 bridgehead atoms. The van der Waals surface area contributed by atoms with E-state index in [1.54, 1.807) is 12.1 Å². The lowest BCUT2D eigenvalue weighted by Crippen LogP contribution is -2.29. The molecule has 0 aliphatic rings. The maximum Gasteiger partial charge on any atom is 0.282 e. The molecule has 0 aliphatic heterocycles. The van der Waals surface area contributed by atoms with Crippen molar-refractivity contribution in [3.63, 3.8) is 0 Å². The van der Waals surface area contributed by atoms with Crippen LogP contribution in [0.15, 0.2) is 60.8 Å². The van der Waals surface area contributed by atoms with Crippen molar-refractivity contribution in [2.75, 3.05) is 12.2 Å². The lowest BCUT2D eigenvalue weighted by Gasteiger charge is -2.20. The van der Waals surface area contributed by atoms with E-state index in [-0.39, 0.29) is 5.91 Å². The molecule has 1 amide bonds. The summed E-state index contributed by atoms with van der Waals surface area (Å²) in [5, 5.41) is 2.25. The number of hydrogen-bond acceptors (Lipinski definition) is 2. The van der Waals surface area contributed by atoms with Gasteiger partial charge in [0.05, 0.1) is 12.8 Å². The molecule has 0 saturated heterocycles. The summed E-state index contributed by atoms with van der Waals surface area (Å²) in [7, 11) is 1.49. The standard InChI is InChI=1S/C16H14N2O2/c1-20-18(16(19)12-6-3-2-4-7-12)15-9-5-8-14-13(15)10-11-17-14/h2-11,17H,1H3. The van der Waals surface area contributed by atoms with Gasteiger partial charge in [0.1, 0.15) is 0 Å². The summed E-state index contributed by atoms with van der Waals surface area (Å²) in [6, 6.07) is 16.7. The number of carbonyl (C=O) groups is 1. The van der Waals surface area contributed by atoms with E-state index in [4.69, 9.17) is 4.84 Å². The van der Waals surface area contributed by atoms with Gasteiger partial charge in [0.25, 0.3) is 5.91 Å². The Morgan fingerprint density at radius 3 is 2.60 bits per heavy atom. The van der Waals surface area contributed by atoms with Crippen molar-refractivity contribution in [3.05, 3.63) is 66.4 Å². The van der Waals surface area contributed by atoms with Crippen LogP contribution >= 0.6 is 0 Å². The van der Waals surface area contributed by atoms with Crippen LogP contribution in [0.5, 0.6) is 0 Å². The Balaban J connectivity index is 2.06. The Hall–Kier alpha value is -2.59. The molecule has 1 heterocycles. The van der Waals surface area contributed by atoms with E-state index in [0.717, 1.165) is 16.6 Å². The van der Waals surface area contributed by atoms with Crippen LogP contribution in [0.25, 0.3) is 10.9 Å². The van der Waals surface area contributed by atoms with E-state index in [1.165, 1.54) is 12.2 Å². The van der Waals surface area contributed by atoms with Gasteiger partial charge in [0.2, 0.25) is 0 Å². The summed E-state index contributed by atoms with van der Waals surface area (Å²) in [5.74, 6) is -0.193. The minimum atomic E-state index is -0.193. The zero-order valence-corrected chi connectivity index (χ0v) is 11.0. The predicted octanol–water partition coefficient (Wildman–Crippen LogP) is 3.38. The van der Waals surface area contributed by atoms with E-state index >= 15 is 0 Å². The van der Waals surface area contributed by atoms with Crippen LogP contribution in [0.1, 0.15) is 10.4 Å².